The first-order valence-electron chi connectivity index (χ1n) is 7.78. The van der Waals surface area contributed by atoms with Crippen molar-refractivity contribution in [1.29, 1.82) is 0 Å². The van der Waals surface area contributed by atoms with Crippen LogP contribution in [0.5, 0.6) is 0 Å². The van der Waals surface area contributed by atoms with Crippen LogP contribution in [0.3, 0.4) is 0 Å². The van der Waals surface area contributed by atoms with Crippen LogP contribution >= 0.6 is 11.8 Å². The lowest BCUT2D eigenvalue weighted by molar-refractivity contribution is -0.142. The molecule has 126 valence electrons. The second-order valence-electron chi connectivity index (χ2n) is 6.02. The maximum absolute atomic E-state index is 11.9. The Morgan fingerprint density at radius 1 is 1.14 bits per heavy atom. The number of rotatable bonds is 8. The molecule has 0 aromatic carbocycles. The largest absolute Gasteiger partial charge is 0.480 e. The van der Waals surface area contributed by atoms with Crippen LogP contribution in [0.15, 0.2) is 0 Å². The third-order valence-corrected chi connectivity index (χ3v) is 4.43. The summed E-state index contributed by atoms with van der Waals surface area (Å²) in [5.74, 6) is -0.707. The molecule has 0 unspecified atom stereocenters. The number of hydrogen-bond acceptors (Lipinski definition) is 4. The van der Waals surface area contributed by atoms with Crippen LogP contribution in [0.4, 0.5) is 0 Å². The average molecular weight is 330 g/mol. The van der Waals surface area contributed by atoms with E-state index >= 15 is 0 Å². The number of aliphatic carboxylic acids is 1. The zero-order chi connectivity index (χ0) is 16.5. The third kappa shape index (κ3) is 7.15. The summed E-state index contributed by atoms with van der Waals surface area (Å²) in [6.07, 6.45) is 3.67. The van der Waals surface area contributed by atoms with Gasteiger partial charge in [-0.1, -0.05) is 13.8 Å². The number of nitrogens with zero attached hydrogens (tertiary/aromatic N) is 1. The molecule has 22 heavy (non-hydrogen) atoms. The number of carbonyl (C=O) groups is 3. The fraction of sp³-hybridized carbons (Fsp3) is 0.800. The summed E-state index contributed by atoms with van der Waals surface area (Å²) < 4.78 is 0. The summed E-state index contributed by atoms with van der Waals surface area (Å²) in [7, 11) is 0. The van der Waals surface area contributed by atoms with E-state index in [0.29, 0.717) is 6.42 Å². The van der Waals surface area contributed by atoms with Crippen molar-refractivity contribution in [2.45, 2.75) is 45.6 Å². The van der Waals surface area contributed by atoms with Crippen molar-refractivity contribution in [2.75, 3.05) is 24.6 Å². The van der Waals surface area contributed by atoms with Gasteiger partial charge in [0.05, 0.1) is 11.5 Å². The van der Waals surface area contributed by atoms with Crippen LogP contribution in [0.25, 0.3) is 0 Å². The average Bonchev–Trinajstić information content (AvgIpc) is 2.46. The SMILES string of the molecule is CC(C)C[C@@H](NC(=O)CSCC(=O)N1CCCCC1)C(=O)O. The summed E-state index contributed by atoms with van der Waals surface area (Å²) in [5.41, 5.74) is 0. The predicted octanol–water partition coefficient (Wildman–Crippen LogP) is 1.35. The Balaban J connectivity index is 2.26. The Morgan fingerprint density at radius 3 is 2.32 bits per heavy atom. The molecule has 0 bridgehead atoms. The summed E-state index contributed by atoms with van der Waals surface area (Å²) in [6, 6.07) is -0.856. The molecule has 1 atom stereocenters. The molecule has 0 aromatic heterocycles. The van der Waals surface area contributed by atoms with Gasteiger partial charge in [-0.25, -0.2) is 4.79 Å². The highest BCUT2D eigenvalue weighted by molar-refractivity contribution is 8.00. The lowest BCUT2D eigenvalue weighted by Gasteiger charge is -2.26. The standard InChI is InChI=1S/C15H26N2O4S/c1-11(2)8-12(15(20)21)16-13(18)9-22-10-14(19)17-6-4-3-5-7-17/h11-12H,3-10H2,1-2H3,(H,16,18)(H,20,21)/t12-/m1/s1. The summed E-state index contributed by atoms with van der Waals surface area (Å²) in [5, 5.41) is 11.6. The van der Waals surface area contributed by atoms with Crippen molar-refractivity contribution in [3.63, 3.8) is 0 Å². The topological polar surface area (TPSA) is 86.7 Å². The van der Waals surface area contributed by atoms with E-state index in [2.05, 4.69) is 5.32 Å². The minimum atomic E-state index is -1.02. The van der Waals surface area contributed by atoms with E-state index in [0.717, 1.165) is 25.9 Å². The Morgan fingerprint density at radius 2 is 1.77 bits per heavy atom. The quantitative estimate of drug-likeness (QED) is 0.701. The number of carboxylic acid groups (broad SMARTS) is 1. The van der Waals surface area contributed by atoms with Gasteiger partial charge in [0.2, 0.25) is 11.8 Å². The van der Waals surface area contributed by atoms with Gasteiger partial charge < -0.3 is 15.3 Å². The first-order valence-corrected chi connectivity index (χ1v) is 8.93. The maximum atomic E-state index is 11.9. The first-order chi connectivity index (χ1) is 10.4. The van der Waals surface area contributed by atoms with E-state index in [1.807, 2.05) is 18.7 Å². The number of hydrogen-bond donors (Lipinski definition) is 2. The fourth-order valence-electron chi connectivity index (χ4n) is 2.39. The van der Waals surface area contributed by atoms with E-state index in [-0.39, 0.29) is 29.2 Å². The number of nitrogens with one attached hydrogen (secondary N) is 1. The lowest BCUT2D eigenvalue weighted by atomic mass is 10.0. The molecule has 1 rings (SSSR count). The van der Waals surface area contributed by atoms with Crippen molar-refractivity contribution in [1.82, 2.24) is 10.2 Å². The first kappa shape index (κ1) is 18.8. The molecule has 0 spiro atoms. The molecule has 1 heterocycles. The van der Waals surface area contributed by atoms with E-state index in [1.165, 1.54) is 18.2 Å². The Kier molecular flexibility index (Phi) is 8.30. The van der Waals surface area contributed by atoms with Gasteiger partial charge in [-0.05, 0) is 31.6 Å². The van der Waals surface area contributed by atoms with Crippen molar-refractivity contribution in [2.24, 2.45) is 5.92 Å². The molecular weight excluding hydrogens is 304 g/mol. The smallest absolute Gasteiger partial charge is 0.326 e. The molecule has 1 fully saturated rings. The highest BCUT2D eigenvalue weighted by atomic mass is 32.2. The summed E-state index contributed by atoms with van der Waals surface area (Å²) >= 11 is 1.24. The van der Waals surface area contributed by atoms with Gasteiger partial charge in [-0.2, -0.15) is 0 Å². The van der Waals surface area contributed by atoms with Crippen molar-refractivity contribution in [3.8, 4) is 0 Å². The predicted molar refractivity (Wildman–Crippen MR) is 86.8 cm³/mol. The fourth-order valence-corrected chi connectivity index (χ4v) is 3.12. The normalized spacial score (nSPS) is 16.4. The van der Waals surface area contributed by atoms with Gasteiger partial charge in [-0.15, -0.1) is 11.8 Å². The van der Waals surface area contributed by atoms with Crippen LogP contribution < -0.4 is 5.32 Å². The van der Waals surface area contributed by atoms with Crippen molar-refractivity contribution in [3.05, 3.63) is 0 Å². The van der Waals surface area contributed by atoms with E-state index in [4.69, 9.17) is 5.11 Å². The van der Waals surface area contributed by atoms with Crippen LogP contribution in [0, 0.1) is 5.92 Å². The molecule has 0 aromatic rings. The second-order valence-corrected chi connectivity index (χ2v) is 7.01. The Bertz CT molecular complexity index is 395. The zero-order valence-corrected chi connectivity index (χ0v) is 14.2. The van der Waals surface area contributed by atoms with Crippen LogP contribution in [-0.4, -0.2) is 58.4 Å². The number of carbonyl (C=O) groups excluding carboxylic acids is 2. The number of likely N-dealkylation sites (tertiary alicyclic amines) is 1. The number of thioether (sulfide) groups is 1. The van der Waals surface area contributed by atoms with Gasteiger partial charge in [0.25, 0.3) is 0 Å². The van der Waals surface area contributed by atoms with Gasteiger partial charge in [0.15, 0.2) is 0 Å². The van der Waals surface area contributed by atoms with Gasteiger partial charge in [0, 0.05) is 13.1 Å². The van der Waals surface area contributed by atoms with Crippen LogP contribution in [0.2, 0.25) is 0 Å². The Labute approximate surface area is 136 Å². The highest BCUT2D eigenvalue weighted by Crippen LogP contribution is 2.11. The van der Waals surface area contributed by atoms with E-state index in [9.17, 15) is 14.4 Å². The molecule has 6 nitrogen and oxygen atoms in total. The maximum Gasteiger partial charge on any atom is 0.326 e. The molecular formula is C15H26N2O4S. The molecule has 2 amide bonds. The van der Waals surface area contributed by atoms with Gasteiger partial charge in [0.1, 0.15) is 6.04 Å². The Hall–Kier alpha value is -1.24. The van der Waals surface area contributed by atoms with Crippen LogP contribution in [-0.2, 0) is 14.4 Å². The second kappa shape index (κ2) is 9.71. The highest BCUT2D eigenvalue weighted by Gasteiger charge is 2.21. The minimum Gasteiger partial charge on any atom is -0.480 e. The number of amides is 2. The molecule has 7 heteroatoms. The molecule has 0 radical (unpaired) electrons. The van der Waals surface area contributed by atoms with E-state index < -0.39 is 12.0 Å². The molecule has 1 aliphatic heterocycles. The molecule has 0 aliphatic carbocycles. The monoisotopic (exact) mass is 330 g/mol. The zero-order valence-electron chi connectivity index (χ0n) is 13.3. The van der Waals surface area contributed by atoms with Crippen molar-refractivity contribution < 1.29 is 19.5 Å². The van der Waals surface area contributed by atoms with Gasteiger partial charge >= 0.3 is 5.97 Å². The summed E-state index contributed by atoms with van der Waals surface area (Å²) in [4.78, 5) is 36.6. The third-order valence-electron chi connectivity index (χ3n) is 3.51. The number of piperidine rings is 1. The lowest BCUT2D eigenvalue weighted by Crippen LogP contribution is -2.42. The molecule has 1 aliphatic rings. The minimum absolute atomic E-state index is 0.0643. The van der Waals surface area contributed by atoms with Crippen molar-refractivity contribution >= 4 is 29.5 Å². The molecule has 2 N–H and O–H groups in total. The summed E-state index contributed by atoms with van der Waals surface area (Å²) in [6.45, 7) is 5.43. The number of carboxylic acids is 1. The molecule has 0 saturated carbocycles. The molecule has 1 saturated heterocycles. The van der Waals surface area contributed by atoms with Crippen LogP contribution in [0.1, 0.15) is 39.5 Å². The van der Waals surface area contributed by atoms with E-state index in [1.54, 1.807) is 0 Å². The van der Waals surface area contributed by atoms with Gasteiger partial charge in [-0.3, -0.25) is 9.59 Å².